The minimum atomic E-state index is -0.557. The molecular formula is C12H21N3O3. The van der Waals surface area contributed by atoms with E-state index in [1.807, 2.05) is 27.7 Å². The Morgan fingerprint density at radius 1 is 1.61 bits per heavy atom. The molecule has 0 radical (unpaired) electrons. The predicted octanol–water partition coefficient (Wildman–Crippen LogP) is 1.70. The highest BCUT2D eigenvalue weighted by Crippen LogP contribution is 2.20. The van der Waals surface area contributed by atoms with E-state index in [2.05, 4.69) is 10.2 Å². The molecule has 0 spiro atoms. The van der Waals surface area contributed by atoms with Crippen molar-refractivity contribution in [2.45, 2.75) is 39.3 Å². The van der Waals surface area contributed by atoms with Gasteiger partial charge in [-0.3, -0.25) is 10.00 Å². The fraction of sp³-hybridized carbons (Fsp3) is 0.667. The summed E-state index contributed by atoms with van der Waals surface area (Å²) in [5, 5.41) is 15.7. The van der Waals surface area contributed by atoms with E-state index in [1.54, 1.807) is 12.3 Å². The van der Waals surface area contributed by atoms with Gasteiger partial charge >= 0.3 is 6.09 Å². The number of nitrogens with one attached hydrogen (secondary N) is 1. The summed E-state index contributed by atoms with van der Waals surface area (Å²) in [6.07, 6.45) is 1.18. The second kappa shape index (κ2) is 5.86. The number of aromatic amines is 1. The van der Waals surface area contributed by atoms with Crippen molar-refractivity contribution < 1.29 is 14.6 Å². The van der Waals surface area contributed by atoms with E-state index in [4.69, 9.17) is 9.84 Å². The van der Waals surface area contributed by atoms with Gasteiger partial charge in [0.1, 0.15) is 5.60 Å². The van der Waals surface area contributed by atoms with E-state index in [0.717, 1.165) is 5.69 Å². The van der Waals surface area contributed by atoms with Gasteiger partial charge in [-0.05, 0) is 33.8 Å². The van der Waals surface area contributed by atoms with Crippen LogP contribution in [0.4, 0.5) is 4.79 Å². The third-order valence-electron chi connectivity index (χ3n) is 2.41. The van der Waals surface area contributed by atoms with Crippen molar-refractivity contribution in [1.29, 1.82) is 0 Å². The number of carbonyl (C=O) groups is 1. The third kappa shape index (κ3) is 4.03. The molecule has 0 aliphatic rings. The summed E-state index contributed by atoms with van der Waals surface area (Å²) in [6, 6.07) is 1.56. The SMILES string of the molecule is CC(c1ccn[nH]1)N(CCO)C(=O)OC(C)(C)C. The molecule has 0 aliphatic heterocycles. The lowest BCUT2D eigenvalue weighted by Gasteiger charge is -2.30. The highest BCUT2D eigenvalue weighted by molar-refractivity contribution is 5.68. The molecule has 18 heavy (non-hydrogen) atoms. The van der Waals surface area contributed by atoms with Crippen LogP contribution in [-0.4, -0.2) is 45.0 Å². The standard InChI is InChI=1S/C12H21N3O3/c1-9(10-5-6-13-14-10)15(7-8-16)11(17)18-12(2,3)4/h5-6,9,16H,7-8H2,1-4H3,(H,13,14). The Morgan fingerprint density at radius 3 is 2.72 bits per heavy atom. The lowest BCUT2D eigenvalue weighted by molar-refractivity contribution is 0.0133. The Labute approximate surface area is 107 Å². The normalized spacial score (nSPS) is 13.2. The van der Waals surface area contributed by atoms with Crippen LogP contribution in [0.5, 0.6) is 0 Å². The molecule has 1 unspecified atom stereocenters. The van der Waals surface area contributed by atoms with E-state index in [1.165, 1.54) is 4.90 Å². The van der Waals surface area contributed by atoms with E-state index < -0.39 is 11.7 Å². The molecular weight excluding hydrogens is 234 g/mol. The van der Waals surface area contributed by atoms with Gasteiger partial charge in [0.2, 0.25) is 0 Å². The van der Waals surface area contributed by atoms with Gasteiger partial charge in [0.25, 0.3) is 0 Å². The molecule has 1 heterocycles. The maximum Gasteiger partial charge on any atom is 0.410 e. The summed E-state index contributed by atoms with van der Waals surface area (Å²) in [6.45, 7) is 7.38. The lowest BCUT2D eigenvalue weighted by atomic mass is 10.2. The maximum absolute atomic E-state index is 12.0. The van der Waals surface area contributed by atoms with Crippen LogP contribution in [0, 0.1) is 0 Å². The molecule has 1 rings (SSSR count). The molecule has 2 N–H and O–H groups in total. The van der Waals surface area contributed by atoms with Gasteiger partial charge in [-0.1, -0.05) is 0 Å². The van der Waals surface area contributed by atoms with Crippen molar-refractivity contribution in [3.63, 3.8) is 0 Å². The fourth-order valence-corrected chi connectivity index (χ4v) is 1.54. The molecule has 0 fully saturated rings. The van der Waals surface area contributed by atoms with Crippen molar-refractivity contribution in [2.75, 3.05) is 13.2 Å². The molecule has 6 nitrogen and oxygen atoms in total. The fourth-order valence-electron chi connectivity index (χ4n) is 1.54. The highest BCUT2D eigenvalue weighted by atomic mass is 16.6. The largest absolute Gasteiger partial charge is 0.444 e. The zero-order chi connectivity index (χ0) is 13.8. The smallest absolute Gasteiger partial charge is 0.410 e. The second-order valence-corrected chi connectivity index (χ2v) is 5.09. The Morgan fingerprint density at radius 2 is 2.28 bits per heavy atom. The zero-order valence-corrected chi connectivity index (χ0v) is 11.3. The number of rotatable bonds is 4. The zero-order valence-electron chi connectivity index (χ0n) is 11.3. The first-order valence-electron chi connectivity index (χ1n) is 5.95. The Kier molecular flexibility index (Phi) is 4.72. The van der Waals surface area contributed by atoms with Crippen LogP contribution in [0.1, 0.15) is 39.4 Å². The van der Waals surface area contributed by atoms with Crippen LogP contribution in [0.25, 0.3) is 0 Å². The number of nitrogens with zero attached hydrogens (tertiary/aromatic N) is 2. The van der Waals surface area contributed by atoms with Crippen molar-refractivity contribution >= 4 is 6.09 Å². The highest BCUT2D eigenvalue weighted by Gasteiger charge is 2.26. The average Bonchev–Trinajstić information content (AvgIpc) is 2.75. The Balaban J connectivity index is 2.79. The third-order valence-corrected chi connectivity index (χ3v) is 2.41. The van der Waals surface area contributed by atoms with Gasteiger partial charge < -0.3 is 9.84 Å². The summed E-state index contributed by atoms with van der Waals surface area (Å²) in [5.74, 6) is 0. The van der Waals surface area contributed by atoms with Gasteiger partial charge in [0.05, 0.1) is 18.3 Å². The molecule has 0 bridgehead atoms. The number of amides is 1. The first-order valence-corrected chi connectivity index (χ1v) is 5.95. The molecule has 6 heteroatoms. The van der Waals surface area contributed by atoms with Gasteiger partial charge in [0, 0.05) is 12.7 Å². The van der Waals surface area contributed by atoms with Crippen molar-refractivity contribution in [2.24, 2.45) is 0 Å². The van der Waals surface area contributed by atoms with Crippen LogP contribution in [0.3, 0.4) is 0 Å². The number of ether oxygens (including phenoxy) is 1. The summed E-state index contributed by atoms with van der Waals surface area (Å²) in [4.78, 5) is 13.5. The first kappa shape index (κ1) is 14.5. The molecule has 0 saturated heterocycles. The van der Waals surface area contributed by atoms with E-state index in [0.29, 0.717) is 0 Å². The second-order valence-electron chi connectivity index (χ2n) is 5.09. The van der Waals surface area contributed by atoms with E-state index in [9.17, 15) is 4.79 Å². The molecule has 1 amide bonds. The lowest BCUT2D eigenvalue weighted by Crippen LogP contribution is -2.40. The van der Waals surface area contributed by atoms with Crippen molar-refractivity contribution in [1.82, 2.24) is 15.1 Å². The first-order chi connectivity index (χ1) is 8.35. The summed E-state index contributed by atoms with van der Waals surface area (Å²) in [5.41, 5.74) is 0.243. The molecule has 0 saturated carbocycles. The number of carbonyl (C=O) groups excluding carboxylic acids is 1. The minimum Gasteiger partial charge on any atom is -0.444 e. The summed E-state index contributed by atoms with van der Waals surface area (Å²) >= 11 is 0. The van der Waals surface area contributed by atoms with Crippen LogP contribution < -0.4 is 0 Å². The van der Waals surface area contributed by atoms with Gasteiger partial charge in [-0.15, -0.1) is 0 Å². The van der Waals surface area contributed by atoms with Gasteiger partial charge in [0.15, 0.2) is 0 Å². The van der Waals surface area contributed by atoms with Crippen LogP contribution in [0.15, 0.2) is 12.3 Å². The molecule has 1 aromatic heterocycles. The van der Waals surface area contributed by atoms with Crippen LogP contribution >= 0.6 is 0 Å². The van der Waals surface area contributed by atoms with E-state index >= 15 is 0 Å². The minimum absolute atomic E-state index is 0.113. The number of aliphatic hydroxyl groups is 1. The van der Waals surface area contributed by atoms with Gasteiger partial charge in [-0.25, -0.2) is 4.79 Å². The number of H-pyrrole nitrogens is 1. The molecule has 1 atom stereocenters. The van der Waals surface area contributed by atoms with Crippen LogP contribution in [-0.2, 0) is 4.74 Å². The van der Waals surface area contributed by atoms with Crippen molar-refractivity contribution in [3.8, 4) is 0 Å². The summed E-state index contributed by atoms with van der Waals surface area (Å²) in [7, 11) is 0. The molecule has 0 aromatic carbocycles. The molecule has 1 aromatic rings. The van der Waals surface area contributed by atoms with Crippen LogP contribution in [0.2, 0.25) is 0 Å². The van der Waals surface area contributed by atoms with E-state index in [-0.39, 0.29) is 19.2 Å². The summed E-state index contributed by atoms with van der Waals surface area (Å²) < 4.78 is 5.31. The average molecular weight is 255 g/mol. The molecule has 0 aliphatic carbocycles. The predicted molar refractivity (Wildman–Crippen MR) is 67.0 cm³/mol. The van der Waals surface area contributed by atoms with Crippen molar-refractivity contribution in [3.05, 3.63) is 18.0 Å². The quantitative estimate of drug-likeness (QED) is 0.858. The number of aromatic nitrogens is 2. The Bertz CT molecular complexity index is 370. The number of hydrogen-bond acceptors (Lipinski definition) is 4. The monoisotopic (exact) mass is 255 g/mol. The molecule has 102 valence electrons. The maximum atomic E-state index is 12.0. The number of aliphatic hydroxyl groups excluding tert-OH is 1. The Hall–Kier alpha value is -1.56. The topological polar surface area (TPSA) is 78.5 Å². The number of hydrogen-bond donors (Lipinski definition) is 2. The van der Waals surface area contributed by atoms with Gasteiger partial charge in [-0.2, -0.15) is 5.10 Å².